The largest absolute Gasteiger partial charge is 0.508 e. The van der Waals surface area contributed by atoms with Crippen LogP contribution in [0.25, 0.3) is 11.1 Å². The van der Waals surface area contributed by atoms with E-state index in [1.165, 1.54) is 11.0 Å². The average molecular weight is 482 g/mol. The number of hydrogen-bond donors (Lipinski definition) is 2. The van der Waals surface area contributed by atoms with E-state index in [0.717, 1.165) is 23.4 Å². The number of aromatic hydroxyl groups is 1. The van der Waals surface area contributed by atoms with Crippen LogP contribution in [-0.2, 0) is 6.18 Å². The third kappa shape index (κ3) is 3.84. The maximum atomic E-state index is 13.5. The normalized spacial score (nSPS) is 15.5. The molecule has 0 atom stereocenters. The van der Waals surface area contributed by atoms with E-state index in [1.807, 2.05) is 24.3 Å². The fourth-order valence-corrected chi connectivity index (χ4v) is 4.36. The maximum absolute atomic E-state index is 13.5. The molecule has 1 aliphatic heterocycles. The van der Waals surface area contributed by atoms with Gasteiger partial charge in [0.2, 0.25) is 0 Å². The summed E-state index contributed by atoms with van der Waals surface area (Å²) < 4.78 is 40.4. The SMILES string of the molecule is CC1(C)C(=N)N(c2cnc(C#N)c(C(F)(F)F)c2)C(=S)N1c1ccc(-c2ccc(O)cc2)cc1. The molecule has 10 heteroatoms. The van der Waals surface area contributed by atoms with Gasteiger partial charge in [-0.2, -0.15) is 18.4 Å². The van der Waals surface area contributed by atoms with E-state index < -0.39 is 23.0 Å². The minimum absolute atomic E-state index is 0.0280. The highest BCUT2D eigenvalue weighted by Gasteiger charge is 2.48. The van der Waals surface area contributed by atoms with Crippen LogP contribution in [0.2, 0.25) is 0 Å². The van der Waals surface area contributed by atoms with Crippen molar-refractivity contribution in [3.05, 3.63) is 72.1 Å². The number of anilines is 2. The predicted octanol–water partition coefficient (Wildman–Crippen LogP) is 5.71. The molecule has 6 nitrogen and oxygen atoms in total. The molecule has 4 rings (SSSR count). The van der Waals surface area contributed by atoms with Gasteiger partial charge >= 0.3 is 6.18 Å². The summed E-state index contributed by atoms with van der Waals surface area (Å²) in [5.74, 6) is 0.133. The number of aromatic nitrogens is 1. The van der Waals surface area contributed by atoms with E-state index in [1.54, 1.807) is 43.0 Å². The van der Waals surface area contributed by atoms with Crippen LogP contribution in [-0.4, -0.2) is 26.6 Å². The molecule has 0 amide bonds. The second-order valence-electron chi connectivity index (χ2n) is 8.15. The average Bonchev–Trinajstić information content (AvgIpc) is 2.97. The van der Waals surface area contributed by atoms with Crippen molar-refractivity contribution in [1.29, 1.82) is 10.7 Å². The van der Waals surface area contributed by atoms with Crippen LogP contribution >= 0.6 is 12.2 Å². The molecule has 1 fully saturated rings. The molecule has 1 aromatic heterocycles. The summed E-state index contributed by atoms with van der Waals surface area (Å²) in [5, 5.41) is 27.3. The Morgan fingerprint density at radius 2 is 1.59 bits per heavy atom. The maximum Gasteiger partial charge on any atom is 0.419 e. The monoisotopic (exact) mass is 481 g/mol. The lowest BCUT2D eigenvalue weighted by Crippen LogP contribution is -2.44. The number of phenolic OH excluding ortho intramolecular Hbond substituents is 1. The van der Waals surface area contributed by atoms with Crippen molar-refractivity contribution in [3.8, 4) is 22.9 Å². The van der Waals surface area contributed by atoms with Crippen molar-refractivity contribution in [2.75, 3.05) is 9.80 Å². The summed E-state index contributed by atoms with van der Waals surface area (Å²) in [6, 6.07) is 16.3. The number of rotatable bonds is 3. The second kappa shape index (κ2) is 8.11. The Morgan fingerprint density at radius 1 is 1.03 bits per heavy atom. The highest BCUT2D eigenvalue weighted by Crippen LogP contribution is 2.39. The number of amidine groups is 1. The molecule has 0 spiro atoms. The van der Waals surface area contributed by atoms with E-state index >= 15 is 0 Å². The van der Waals surface area contributed by atoms with E-state index in [4.69, 9.17) is 22.9 Å². The molecule has 34 heavy (non-hydrogen) atoms. The first-order valence-electron chi connectivity index (χ1n) is 10.1. The summed E-state index contributed by atoms with van der Waals surface area (Å²) in [6.07, 6.45) is -3.67. The summed E-state index contributed by atoms with van der Waals surface area (Å²) >= 11 is 5.60. The number of alkyl halides is 3. The third-order valence-corrected chi connectivity index (χ3v) is 5.98. The molecule has 2 heterocycles. The van der Waals surface area contributed by atoms with Crippen LogP contribution in [0.5, 0.6) is 5.75 Å². The number of thiocarbonyl (C=S) groups is 1. The lowest BCUT2D eigenvalue weighted by molar-refractivity contribution is -0.138. The molecule has 2 N–H and O–H groups in total. The van der Waals surface area contributed by atoms with Gasteiger partial charge in [-0.3, -0.25) is 10.3 Å². The number of nitrogens with zero attached hydrogens (tertiary/aromatic N) is 4. The van der Waals surface area contributed by atoms with Crippen LogP contribution in [0.1, 0.15) is 25.1 Å². The first-order chi connectivity index (χ1) is 15.9. The number of phenols is 1. The standard InChI is InChI=1S/C24H18F3N5OS/c1-23(2)21(29)31(17-11-19(24(25,26)27)20(12-28)30-13-17)22(34)32(23)16-7-3-14(4-8-16)15-5-9-18(33)10-6-15/h3-11,13,29,33H,1-2H3. The van der Waals surface area contributed by atoms with Gasteiger partial charge in [0.25, 0.3) is 0 Å². The van der Waals surface area contributed by atoms with Gasteiger partial charge in [0.05, 0.1) is 23.0 Å². The molecule has 0 radical (unpaired) electrons. The van der Waals surface area contributed by atoms with Crippen LogP contribution in [0, 0.1) is 16.7 Å². The zero-order chi connectivity index (χ0) is 24.8. The third-order valence-electron chi connectivity index (χ3n) is 5.61. The lowest BCUT2D eigenvalue weighted by Gasteiger charge is -2.30. The van der Waals surface area contributed by atoms with Crippen molar-refractivity contribution in [1.82, 2.24) is 4.98 Å². The first-order valence-corrected chi connectivity index (χ1v) is 10.5. The van der Waals surface area contributed by atoms with E-state index in [9.17, 15) is 18.3 Å². The topological polar surface area (TPSA) is 87.2 Å². The fourth-order valence-electron chi connectivity index (χ4n) is 3.83. The molecule has 172 valence electrons. The van der Waals surface area contributed by atoms with Gasteiger partial charge in [-0.1, -0.05) is 24.3 Å². The molecule has 1 saturated heterocycles. The van der Waals surface area contributed by atoms with E-state index in [2.05, 4.69) is 4.98 Å². The van der Waals surface area contributed by atoms with Crippen molar-refractivity contribution in [2.24, 2.45) is 0 Å². The zero-order valence-electron chi connectivity index (χ0n) is 18.1. The van der Waals surface area contributed by atoms with Crippen molar-refractivity contribution < 1.29 is 18.3 Å². The highest BCUT2D eigenvalue weighted by atomic mass is 32.1. The Bertz CT molecular complexity index is 1330. The van der Waals surface area contributed by atoms with E-state index in [-0.39, 0.29) is 22.4 Å². The van der Waals surface area contributed by atoms with Gasteiger partial charge in [0.1, 0.15) is 17.7 Å². The highest BCUT2D eigenvalue weighted by molar-refractivity contribution is 7.81. The quantitative estimate of drug-likeness (QED) is 0.466. The lowest BCUT2D eigenvalue weighted by atomic mass is 10.0. The van der Waals surface area contributed by atoms with Crippen molar-refractivity contribution in [3.63, 3.8) is 0 Å². The number of nitrogens with one attached hydrogen (secondary N) is 1. The number of halogens is 3. The Kier molecular flexibility index (Phi) is 5.53. The van der Waals surface area contributed by atoms with E-state index in [0.29, 0.717) is 5.69 Å². The van der Waals surface area contributed by atoms with Crippen molar-refractivity contribution in [2.45, 2.75) is 25.6 Å². The summed E-state index contributed by atoms with van der Waals surface area (Å²) in [6.45, 7) is 3.49. The first kappa shape index (κ1) is 23.2. The summed E-state index contributed by atoms with van der Waals surface area (Å²) in [5.41, 5.74) is -0.495. The Balaban J connectivity index is 1.72. The number of pyridine rings is 1. The molecular weight excluding hydrogens is 463 g/mol. The summed E-state index contributed by atoms with van der Waals surface area (Å²) in [7, 11) is 0. The number of benzene rings is 2. The van der Waals surface area contributed by atoms with Gasteiger partial charge in [-0.05, 0) is 67.5 Å². The molecule has 3 aromatic rings. The zero-order valence-corrected chi connectivity index (χ0v) is 18.9. The van der Waals surface area contributed by atoms with Crippen LogP contribution < -0.4 is 9.80 Å². The molecule has 0 aliphatic carbocycles. The fraction of sp³-hybridized carbons (Fsp3) is 0.167. The van der Waals surface area contributed by atoms with Gasteiger partial charge < -0.3 is 10.0 Å². The smallest absolute Gasteiger partial charge is 0.419 e. The number of hydrogen-bond acceptors (Lipinski definition) is 5. The van der Waals surface area contributed by atoms with Gasteiger partial charge in [0.15, 0.2) is 10.8 Å². The number of nitriles is 1. The predicted molar refractivity (Wildman–Crippen MR) is 127 cm³/mol. The molecule has 2 aromatic carbocycles. The Hall–Kier alpha value is -3.97. The van der Waals surface area contributed by atoms with Gasteiger partial charge in [0, 0.05) is 5.69 Å². The van der Waals surface area contributed by atoms with Gasteiger partial charge in [-0.25, -0.2) is 4.98 Å². The molecule has 1 aliphatic rings. The van der Waals surface area contributed by atoms with Crippen molar-refractivity contribution >= 4 is 34.5 Å². The molecule has 0 saturated carbocycles. The minimum Gasteiger partial charge on any atom is -0.508 e. The Labute approximate surface area is 199 Å². The summed E-state index contributed by atoms with van der Waals surface area (Å²) in [4.78, 5) is 6.58. The van der Waals surface area contributed by atoms with Crippen LogP contribution in [0.15, 0.2) is 60.8 Å². The van der Waals surface area contributed by atoms with Crippen LogP contribution in [0.3, 0.4) is 0 Å². The Morgan fingerprint density at radius 3 is 2.12 bits per heavy atom. The molecule has 0 bridgehead atoms. The molecular formula is C24H18F3N5OS. The second-order valence-corrected chi connectivity index (χ2v) is 8.52. The molecule has 0 unspecified atom stereocenters. The minimum atomic E-state index is -4.78. The van der Waals surface area contributed by atoms with Crippen LogP contribution in [0.4, 0.5) is 24.5 Å². The van der Waals surface area contributed by atoms with Gasteiger partial charge in [-0.15, -0.1) is 0 Å².